The molecule has 0 radical (unpaired) electrons. The molecule has 0 heterocycles. The molecule has 2 rings (SSSR count). The first-order valence-corrected chi connectivity index (χ1v) is 9.40. The summed E-state index contributed by atoms with van der Waals surface area (Å²) in [6.07, 6.45) is 3.17. The highest BCUT2D eigenvalue weighted by Gasteiger charge is 2.11. The number of hydrogen-bond acceptors (Lipinski definition) is 3. The molecule has 0 saturated heterocycles. The zero-order valence-corrected chi connectivity index (χ0v) is 17.2. The summed E-state index contributed by atoms with van der Waals surface area (Å²) in [4.78, 5) is 25.8. The Balaban J connectivity index is 1.89. The second kappa shape index (κ2) is 9.92. The number of aryl methyl sites for hydroxylation is 1. The predicted octanol–water partition coefficient (Wildman–Crippen LogP) is 4.27. The van der Waals surface area contributed by atoms with Crippen LogP contribution in [-0.2, 0) is 9.59 Å². The summed E-state index contributed by atoms with van der Waals surface area (Å²) in [5, 5.41) is 2.82. The smallest absolute Gasteiger partial charge is 0.246 e. The molecule has 0 fully saturated rings. The molecule has 2 aromatic rings. The zero-order chi connectivity index (χ0) is 19.8. The van der Waals surface area contributed by atoms with Crippen LogP contribution >= 0.6 is 15.9 Å². The molecule has 0 spiro atoms. The Labute approximate surface area is 168 Å². The van der Waals surface area contributed by atoms with Crippen LogP contribution in [0.15, 0.2) is 53.0 Å². The highest BCUT2D eigenvalue weighted by atomic mass is 79.9. The lowest BCUT2D eigenvalue weighted by Crippen LogP contribution is -2.34. The SMILES string of the molecule is CCOc1ccc(/C=C/C(=O)N(C)CC(=O)Nc2ccc(Br)cc2C)cc1. The first kappa shape index (κ1) is 20.7. The molecule has 0 saturated carbocycles. The van der Waals surface area contributed by atoms with E-state index < -0.39 is 0 Å². The van der Waals surface area contributed by atoms with E-state index in [0.29, 0.717) is 6.61 Å². The van der Waals surface area contributed by atoms with E-state index in [4.69, 9.17) is 4.74 Å². The van der Waals surface area contributed by atoms with Gasteiger partial charge in [0, 0.05) is 23.3 Å². The fourth-order valence-electron chi connectivity index (χ4n) is 2.39. The molecular weight excluding hydrogens is 408 g/mol. The van der Waals surface area contributed by atoms with Gasteiger partial charge in [-0.05, 0) is 61.4 Å². The monoisotopic (exact) mass is 430 g/mol. The van der Waals surface area contributed by atoms with Crippen molar-refractivity contribution in [2.24, 2.45) is 0 Å². The maximum atomic E-state index is 12.2. The van der Waals surface area contributed by atoms with Crippen LogP contribution in [0.5, 0.6) is 5.75 Å². The van der Waals surface area contributed by atoms with Crippen LogP contribution in [0, 0.1) is 6.92 Å². The van der Waals surface area contributed by atoms with Gasteiger partial charge < -0.3 is 15.0 Å². The maximum absolute atomic E-state index is 12.2. The molecule has 27 heavy (non-hydrogen) atoms. The molecule has 0 aliphatic heterocycles. The Kier molecular flexibility index (Phi) is 7.61. The fraction of sp³-hybridized carbons (Fsp3) is 0.238. The molecule has 142 valence electrons. The van der Waals surface area contributed by atoms with Gasteiger partial charge in [-0.3, -0.25) is 9.59 Å². The Morgan fingerprint density at radius 3 is 2.52 bits per heavy atom. The minimum absolute atomic E-state index is 0.0258. The molecule has 0 unspecified atom stereocenters. The third-order valence-corrected chi connectivity index (χ3v) is 4.32. The number of nitrogens with one attached hydrogen (secondary N) is 1. The van der Waals surface area contributed by atoms with Crippen molar-refractivity contribution >= 4 is 39.5 Å². The lowest BCUT2D eigenvalue weighted by molar-refractivity contribution is -0.129. The Morgan fingerprint density at radius 1 is 1.19 bits per heavy atom. The average Bonchev–Trinajstić information content (AvgIpc) is 2.63. The average molecular weight is 431 g/mol. The van der Waals surface area contributed by atoms with Gasteiger partial charge in [0.05, 0.1) is 13.2 Å². The number of amides is 2. The van der Waals surface area contributed by atoms with Gasteiger partial charge in [0.25, 0.3) is 0 Å². The third kappa shape index (κ3) is 6.57. The third-order valence-electron chi connectivity index (χ3n) is 3.83. The van der Waals surface area contributed by atoms with E-state index in [0.717, 1.165) is 27.0 Å². The summed E-state index contributed by atoms with van der Waals surface area (Å²) in [6, 6.07) is 13.1. The number of carbonyl (C=O) groups excluding carboxylic acids is 2. The molecular formula is C21H23BrN2O3. The van der Waals surface area contributed by atoms with E-state index in [9.17, 15) is 9.59 Å². The summed E-state index contributed by atoms with van der Waals surface area (Å²) in [5.41, 5.74) is 2.56. The van der Waals surface area contributed by atoms with Crippen molar-refractivity contribution in [1.82, 2.24) is 4.90 Å². The minimum atomic E-state index is -0.245. The van der Waals surface area contributed by atoms with Crippen molar-refractivity contribution in [2.45, 2.75) is 13.8 Å². The van der Waals surface area contributed by atoms with Crippen molar-refractivity contribution in [2.75, 3.05) is 25.5 Å². The van der Waals surface area contributed by atoms with Crippen LogP contribution in [0.2, 0.25) is 0 Å². The number of halogens is 1. The molecule has 0 aliphatic rings. The van der Waals surface area contributed by atoms with Crippen LogP contribution in [-0.4, -0.2) is 36.9 Å². The molecule has 0 aromatic heterocycles. The number of nitrogens with zero attached hydrogens (tertiary/aromatic N) is 1. The normalized spacial score (nSPS) is 10.7. The molecule has 0 bridgehead atoms. The van der Waals surface area contributed by atoms with E-state index in [2.05, 4.69) is 21.2 Å². The predicted molar refractivity (Wildman–Crippen MR) is 112 cm³/mol. The summed E-state index contributed by atoms with van der Waals surface area (Å²) in [7, 11) is 1.60. The highest BCUT2D eigenvalue weighted by molar-refractivity contribution is 9.10. The first-order chi connectivity index (χ1) is 12.9. The van der Waals surface area contributed by atoms with Crippen LogP contribution in [0.4, 0.5) is 5.69 Å². The number of rotatable bonds is 7. The van der Waals surface area contributed by atoms with Gasteiger partial charge in [0.2, 0.25) is 11.8 Å². The van der Waals surface area contributed by atoms with E-state index >= 15 is 0 Å². The summed E-state index contributed by atoms with van der Waals surface area (Å²) >= 11 is 3.39. The van der Waals surface area contributed by atoms with Crippen LogP contribution in [0.1, 0.15) is 18.1 Å². The molecule has 0 aliphatic carbocycles. The number of hydrogen-bond donors (Lipinski definition) is 1. The molecule has 2 amide bonds. The van der Waals surface area contributed by atoms with E-state index in [1.807, 2.05) is 56.3 Å². The van der Waals surface area contributed by atoms with Gasteiger partial charge in [-0.25, -0.2) is 0 Å². The van der Waals surface area contributed by atoms with Crippen molar-refractivity contribution < 1.29 is 14.3 Å². The molecule has 6 heteroatoms. The van der Waals surface area contributed by atoms with Crippen LogP contribution < -0.4 is 10.1 Å². The van der Waals surface area contributed by atoms with Crippen molar-refractivity contribution in [3.8, 4) is 5.75 Å². The maximum Gasteiger partial charge on any atom is 0.246 e. The summed E-state index contributed by atoms with van der Waals surface area (Å²) < 4.78 is 6.33. The van der Waals surface area contributed by atoms with Gasteiger partial charge in [0.15, 0.2) is 0 Å². The molecule has 0 atom stereocenters. The van der Waals surface area contributed by atoms with Crippen LogP contribution in [0.25, 0.3) is 6.08 Å². The zero-order valence-electron chi connectivity index (χ0n) is 15.7. The van der Waals surface area contributed by atoms with Gasteiger partial charge in [-0.15, -0.1) is 0 Å². The van der Waals surface area contributed by atoms with Gasteiger partial charge in [-0.1, -0.05) is 28.1 Å². The van der Waals surface area contributed by atoms with E-state index in [-0.39, 0.29) is 18.4 Å². The van der Waals surface area contributed by atoms with Crippen molar-refractivity contribution in [3.05, 3.63) is 64.1 Å². The Bertz CT molecular complexity index is 832. The quantitative estimate of drug-likeness (QED) is 0.667. The van der Waals surface area contributed by atoms with Gasteiger partial charge in [-0.2, -0.15) is 0 Å². The summed E-state index contributed by atoms with van der Waals surface area (Å²) in [6.45, 7) is 4.42. The number of anilines is 1. The van der Waals surface area contributed by atoms with Crippen molar-refractivity contribution in [1.29, 1.82) is 0 Å². The summed E-state index contributed by atoms with van der Waals surface area (Å²) in [5.74, 6) is 0.301. The topological polar surface area (TPSA) is 58.6 Å². The Morgan fingerprint density at radius 2 is 1.89 bits per heavy atom. The number of ether oxygens (including phenoxy) is 1. The lowest BCUT2D eigenvalue weighted by Gasteiger charge is -2.15. The molecule has 5 nitrogen and oxygen atoms in total. The molecule has 2 aromatic carbocycles. The van der Waals surface area contributed by atoms with Crippen molar-refractivity contribution in [3.63, 3.8) is 0 Å². The van der Waals surface area contributed by atoms with Gasteiger partial charge >= 0.3 is 0 Å². The number of likely N-dealkylation sites (N-methyl/N-ethyl adjacent to an activating group) is 1. The second-order valence-electron chi connectivity index (χ2n) is 6.04. The largest absolute Gasteiger partial charge is 0.494 e. The molecule has 1 N–H and O–H groups in total. The van der Waals surface area contributed by atoms with Gasteiger partial charge in [0.1, 0.15) is 5.75 Å². The Hall–Kier alpha value is -2.60. The lowest BCUT2D eigenvalue weighted by atomic mass is 10.2. The first-order valence-electron chi connectivity index (χ1n) is 8.61. The standard InChI is InChI=1S/C21H23BrN2O3/c1-4-27-18-9-5-16(6-10-18)7-12-21(26)24(3)14-20(25)23-19-11-8-17(22)13-15(19)2/h5-13H,4,14H2,1-3H3,(H,23,25)/b12-7+. The minimum Gasteiger partial charge on any atom is -0.494 e. The van der Waals surface area contributed by atoms with E-state index in [1.165, 1.54) is 11.0 Å². The fourth-order valence-corrected chi connectivity index (χ4v) is 2.86. The van der Waals surface area contributed by atoms with Crippen LogP contribution in [0.3, 0.4) is 0 Å². The number of benzene rings is 2. The number of carbonyl (C=O) groups is 2. The highest BCUT2D eigenvalue weighted by Crippen LogP contribution is 2.20. The van der Waals surface area contributed by atoms with E-state index in [1.54, 1.807) is 13.1 Å². The second-order valence-corrected chi connectivity index (χ2v) is 6.95.